The number of hydrogen-bond acceptors (Lipinski definition) is 10. The van der Waals surface area contributed by atoms with Crippen LogP contribution in [0.3, 0.4) is 0 Å². The normalized spacial score (nSPS) is 12.9. The highest BCUT2D eigenvalue weighted by Gasteiger charge is 2.26. The second-order valence-electron chi connectivity index (χ2n) is 8.94. The average Bonchev–Trinajstić information content (AvgIpc) is 3.32. The van der Waals surface area contributed by atoms with Crippen LogP contribution in [0.4, 0.5) is 10.3 Å². The van der Waals surface area contributed by atoms with Gasteiger partial charge in [-0.05, 0) is 43.2 Å². The molecule has 2 aromatic carbocycles. The van der Waals surface area contributed by atoms with Crippen molar-refractivity contribution in [3.05, 3.63) is 81.7 Å². The van der Waals surface area contributed by atoms with Crippen LogP contribution in [0.2, 0.25) is 0 Å². The van der Waals surface area contributed by atoms with Crippen LogP contribution < -0.4 is 16.0 Å². The van der Waals surface area contributed by atoms with Crippen LogP contribution >= 0.6 is 7.60 Å². The number of aromatic amines is 1. The van der Waals surface area contributed by atoms with Gasteiger partial charge in [-0.25, -0.2) is 9.37 Å². The molecule has 0 aliphatic carbocycles. The van der Waals surface area contributed by atoms with E-state index in [9.17, 15) is 18.5 Å². The number of H-pyrrole nitrogens is 1. The highest BCUT2D eigenvalue weighted by Crippen LogP contribution is 2.49. The van der Waals surface area contributed by atoms with Gasteiger partial charge >= 0.3 is 13.6 Å². The monoisotopic (exact) mass is 573 g/mol. The zero-order chi connectivity index (χ0) is 28.7. The van der Waals surface area contributed by atoms with E-state index in [0.29, 0.717) is 16.9 Å². The lowest BCUT2D eigenvalue weighted by molar-refractivity contribution is -0.134. The summed E-state index contributed by atoms with van der Waals surface area (Å²) in [6.45, 7) is 3.32. The Kier molecular flexibility index (Phi) is 9.43. The first-order valence-electron chi connectivity index (χ1n) is 12.3. The Labute approximate surface area is 228 Å². The number of hydrogen-bond donors (Lipinski definition) is 2. The number of carbonyl (C=O) groups is 1. The summed E-state index contributed by atoms with van der Waals surface area (Å²) in [6.07, 6.45) is 0.772. The maximum absolute atomic E-state index is 14.0. The quantitative estimate of drug-likeness (QED) is 0.104. The molecule has 12 nitrogen and oxygen atoms in total. The van der Waals surface area contributed by atoms with E-state index in [2.05, 4.69) is 15.0 Å². The van der Waals surface area contributed by atoms with Crippen molar-refractivity contribution >= 4 is 30.7 Å². The van der Waals surface area contributed by atoms with Crippen LogP contribution in [0.15, 0.2) is 53.6 Å². The van der Waals surface area contributed by atoms with Crippen molar-refractivity contribution in [2.24, 2.45) is 0 Å². The maximum atomic E-state index is 14.0. The summed E-state index contributed by atoms with van der Waals surface area (Å²) in [5, 5.41) is 0. The standard InChI is InChI=1S/C26H29FN5O7P/c1-17-3-7-20(8-4-17)39-22(33)9-11-37-40(35,38-14-19-6-5-18(2)21(27)13-19)16-36-12-10-32-15-29-23-24(32)30-26(28)31-25(23)34/h3-8,13,15H,9-12,14,16H2,1-2H3,(H3,28,30,31,34). The van der Waals surface area contributed by atoms with E-state index in [-0.39, 0.29) is 49.9 Å². The highest BCUT2D eigenvalue weighted by atomic mass is 31.2. The number of benzene rings is 2. The SMILES string of the molecule is Cc1ccc(OC(=O)CCOP(=O)(COCCn2cnc3c(=O)[nH]c(N)nc32)OCc2ccc(C)c(F)c2)cc1. The molecule has 14 heteroatoms. The van der Waals surface area contributed by atoms with E-state index in [0.717, 1.165) is 5.56 Å². The van der Waals surface area contributed by atoms with Crippen molar-refractivity contribution in [3.63, 3.8) is 0 Å². The second kappa shape index (κ2) is 13.0. The van der Waals surface area contributed by atoms with Gasteiger partial charge < -0.3 is 28.8 Å². The molecule has 0 spiro atoms. The molecule has 0 bridgehead atoms. The summed E-state index contributed by atoms with van der Waals surface area (Å²) in [5.74, 6) is -0.678. The molecule has 2 heterocycles. The first-order valence-corrected chi connectivity index (χ1v) is 14.0. The number of aromatic nitrogens is 4. The van der Waals surface area contributed by atoms with Crippen LogP contribution in [0.1, 0.15) is 23.1 Å². The van der Waals surface area contributed by atoms with E-state index >= 15 is 0 Å². The second-order valence-corrected chi connectivity index (χ2v) is 10.9. The van der Waals surface area contributed by atoms with Crippen molar-refractivity contribution in [2.75, 3.05) is 25.3 Å². The fraction of sp³-hybridized carbons (Fsp3) is 0.308. The lowest BCUT2D eigenvalue weighted by Crippen LogP contribution is -2.14. The van der Waals surface area contributed by atoms with Crippen molar-refractivity contribution in [3.8, 4) is 5.75 Å². The number of nitrogens with zero attached hydrogens (tertiary/aromatic N) is 3. The Bertz CT molecular complexity index is 1590. The van der Waals surface area contributed by atoms with Gasteiger partial charge in [0.1, 0.15) is 17.9 Å². The van der Waals surface area contributed by atoms with Gasteiger partial charge in [-0.2, -0.15) is 4.98 Å². The van der Waals surface area contributed by atoms with E-state index in [1.807, 2.05) is 19.1 Å². The molecule has 0 saturated heterocycles. The molecule has 1 atom stereocenters. The summed E-state index contributed by atoms with van der Waals surface area (Å²) in [7, 11) is -3.90. The summed E-state index contributed by atoms with van der Waals surface area (Å²) in [6, 6.07) is 11.5. The number of ether oxygens (including phenoxy) is 2. The van der Waals surface area contributed by atoms with Gasteiger partial charge in [0.2, 0.25) is 5.95 Å². The third-order valence-electron chi connectivity index (χ3n) is 5.73. The lowest BCUT2D eigenvalue weighted by atomic mass is 10.1. The number of fused-ring (bicyclic) bond motifs is 1. The summed E-state index contributed by atoms with van der Waals surface area (Å²) < 4.78 is 50.9. The van der Waals surface area contributed by atoms with Crippen molar-refractivity contribution in [1.29, 1.82) is 0 Å². The largest absolute Gasteiger partial charge is 0.426 e. The van der Waals surface area contributed by atoms with Crippen LogP contribution in [-0.2, 0) is 36.3 Å². The molecule has 0 radical (unpaired) electrons. The van der Waals surface area contributed by atoms with Crippen LogP contribution in [0, 0.1) is 19.7 Å². The Morgan fingerprint density at radius 2 is 1.90 bits per heavy atom. The minimum Gasteiger partial charge on any atom is -0.426 e. The minimum absolute atomic E-state index is 0.0329. The Morgan fingerprint density at radius 1 is 1.12 bits per heavy atom. The number of carbonyl (C=O) groups excluding carboxylic acids is 1. The van der Waals surface area contributed by atoms with Gasteiger partial charge in [0.25, 0.3) is 5.56 Å². The smallest absolute Gasteiger partial charge is 0.356 e. The molecule has 0 fully saturated rings. The van der Waals surface area contributed by atoms with E-state index < -0.39 is 31.3 Å². The van der Waals surface area contributed by atoms with Gasteiger partial charge in [-0.3, -0.25) is 19.1 Å². The number of nitrogens with two attached hydrogens (primary N) is 1. The predicted octanol–water partition coefficient (Wildman–Crippen LogP) is 3.85. The first kappa shape index (κ1) is 29.1. The number of imidazole rings is 1. The van der Waals surface area contributed by atoms with Crippen molar-refractivity contribution in [2.45, 2.75) is 33.4 Å². The topological polar surface area (TPSA) is 161 Å². The van der Waals surface area contributed by atoms with Gasteiger partial charge in [0, 0.05) is 6.54 Å². The molecular formula is C26H29FN5O7P. The Hall–Kier alpha value is -3.90. The van der Waals surface area contributed by atoms with E-state index in [1.54, 1.807) is 35.8 Å². The van der Waals surface area contributed by atoms with Gasteiger partial charge in [-0.15, -0.1) is 0 Å². The number of esters is 1. The molecule has 0 amide bonds. The van der Waals surface area contributed by atoms with Crippen LogP contribution in [0.25, 0.3) is 11.2 Å². The molecule has 40 heavy (non-hydrogen) atoms. The van der Waals surface area contributed by atoms with Crippen LogP contribution in [0.5, 0.6) is 5.75 Å². The highest BCUT2D eigenvalue weighted by molar-refractivity contribution is 7.53. The molecule has 1 unspecified atom stereocenters. The lowest BCUT2D eigenvalue weighted by Gasteiger charge is -2.19. The summed E-state index contributed by atoms with van der Waals surface area (Å²) in [4.78, 5) is 34.7. The predicted molar refractivity (Wildman–Crippen MR) is 144 cm³/mol. The Balaban J connectivity index is 1.35. The van der Waals surface area contributed by atoms with Crippen LogP contribution in [-0.4, -0.2) is 45.1 Å². The molecule has 0 aliphatic rings. The molecular weight excluding hydrogens is 544 g/mol. The number of anilines is 1. The average molecular weight is 574 g/mol. The molecule has 0 aliphatic heterocycles. The van der Waals surface area contributed by atoms with E-state index in [1.165, 1.54) is 12.4 Å². The molecule has 3 N–H and O–H groups in total. The minimum atomic E-state index is -3.90. The Morgan fingerprint density at radius 3 is 2.65 bits per heavy atom. The van der Waals surface area contributed by atoms with Crippen molar-refractivity contribution < 1.29 is 32.3 Å². The number of nitrogens with one attached hydrogen (secondary N) is 1. The fourth-order valence-electron chi connectivity index (χ4n) is 3.54. The first-order chi connectivity index (χ1) is 19.1. The zero-order valence-corrected chi connectivity index (χ0v) is 22.9. The molecule has 4 rings (SSSR count). The fourth-order valence-corrected chi connectivity index (χ4v) is 4.83. The molecule has 0 saturated carbocycles. The number of halogens is 1. The number of rotatable bonds is 13. The third-order valence-corrected chi connectivity index (χ3v) is 7.33. The number of nitrogen functional groups attached to an aromatic ring is 1. The third kappa shape index (κ3) is 7.82. The maximum Gasteiger partial charge on any atom is 0.356 e. The number of aryl methyl sites for hydroxylation is 2. The summed E-state index contributed by atoms with van der Waals surface area (Å²) in [5.41, 5.74) is 7.47. The molecule has 4 aromatic rings. The van der Waals surface area contributed by atoms with Gasteiger partial charge in [-0.1, -0.05) is 29.8 Å². The molecule has 212 valence electrons. The van der Waals surface area contributed by atoms with Gasteiger partial charge in [0.05, 0.1) is 32.6 Å². The van der Waals surface area contributed by atoms with Gasteiger partial charge in [0.15, 0.2) is 11.2 Å². The van der Waals surface area contributed by atoms with E-state index in [4.69, 9.17) is 24.3 Å². The zero-order valence-electron chi connectivity index (χ0n) is 22.0. The molecule has 2 aromatic heterocycles. The summed E-state index contributed by atoms with van der Waals surface area (Å²) >= 11 is 0. The van der Waals surface area contributed by atoms with Crippen molar-refractivity contribution in [1.82, 2.24) is 19.5 Å².